The number of aliphatic imine (C=N–C) groups is 1. The van der Waals surface area contributed by atoms with Crippen molar-refractivity contribution in [2.45, 2.75) is 25.7 Å². The number of methoxy groups -OCH3 is 2. The molecule has 0 spiro atoms. The van der Waals surface area contributed by atoms with Crippen LogP contribution in [0.25, 0.3) is 0 Å². The Balaban J connectivity index is 0.00000288. The summed E-state index contributed by atoms with van der Waals surface area (Å²) in [5.74, 6) is 2.48. The van der Waals surface area contributed by atoms with Crippen LogP contribution in [0.2, 0.25) is 0 Å². The summed E-state index contributed by atoms with van der Waals surface area (Å²) in [5, 5.41) is 12.0. The molecule has 2 rings (SSSR count). The number of nitrogens with zero attached hydrogens (tertiary/aromatic N) is 2. The summed E-state index contributed by atoms with van der Waals surface area (Å²) >= 11 is 0. The molecule has 0 unspecified atom stereocenters. The highest BCUT2D eigenvalue weighted by Gasteiger charge is 2.20. The summed E-state index contributed by atoms with van der Waals surface area (Å²) in [6.45, 7) is 0.684. The summed E-state index contributed by atoms with van der Waals surface area (Å²) < 4.78 is 10.5. The van der Waals surface area contributed by atoms with Crippen LogP contribution in [-0.4, -0.2) is 26.7 Å². The van der Waals surface area contributed by atoms with Gasteiger partial charge in [-0.05, 0) is 43.7 Å². The van der Waals surface area contributed by atoms with Gasteiger partial charge in [-0.1, -0.05) is 0 Å². The SMILES string of the molecule is COc1ccc(OC)c(NC(N)=NCC2CCC(C#N)CC2)c1.I. The van der Waals surface area contributed by atoms with Crippen molar-refractivity contribution in [2.75, 3.05) is 26.1 Å². The van der Waals surface area contributed by atoms with Crippen LogP contribution in [0, 0.1) is 23.2 Å². The molecule has 0 aliphatic heterocycles. The highest BCUT2D eigenvalue weighted by Crippen LogP contribution is 2.29. The molecule has 1 aliphatic rings. The van der Waals surface area contributed by atoms with Crippen molar-refractivity contribution in [3.8, 4) is 17.6 Å². The summed E-state index contributed by atoms with van der Waals surface area (Å²) in [5.41, 5.74) is 6.71. The number of guanidine groups is 1. The zero-order valence-electron chi connectivity index (χ0n) is 14.1. The van der Waals surface area contributed by atoms with E-state index < -0.39 is 0 Å². The molecule has 132 valence electrons. The second-order valence-electron chi connectivity index (χ2n) is 5.76. The largest absolute Gasteiger partial charge is 0.497 e. The number of benzene rings is 1. The van der Waals surface area contributed by atoms with Gasteiger partial charge in [-0.25, -0.2) is 0 Å². The summed E-state index contributed by atoms with van der Waals surface area (Å²) in [6, 6.07) is 7.81. The molecular weight excluding hydrogens is 419 g/mol. The minimum atomic E-state index is 0. The monoisotopic (exact) mass is 444 g/mol. The van der Waals surface area contributed by atoms with E-state index in [2.05, 4.69) is 16.4 Å². The molecule has 24 heavy (non-hydrogen) atoms. The third-order valence-electron chi connectivity index (χ3n) is 4.22. The molecular formula is C17H25IN4O2. The Morgan fingerprint density at radius 1 is 1.29 bits per heavy atom. The highest BCUT2D eigenvalue weighted by atomic mass is 127. The standard InChI is InChI=1S/C17H24N4O2.HI/c1-22-14-7-8-16(23-2)15(9-14)21-17(19)20-11-13-5-3-12(10-18)4-6-13;/h7-9,12-13H,3-6,11H2,1-2H3,(H3,19,20,21);1H. The highest BCUT2D eigenvalue weighted by molar-refractivity contribution is 14.0. The van der Waals surface area contributed by atoms with Crippen molar-refractivity contribution >= 4 is 35.6 Å². The van der Waals surface area contributed by atoms with Gasteiger partial charge in [0.15, 0.2) is 5.96 Å². The van der Waals surface area contributed by atoms with Crippen LogP contribution < -0.4 is 20.5 Å². The van der Waals surface area contributed by atoms with E-state index in [1.807, 2.05) is 18.2 Å². The quantitative estimate of drug-likeness (QED) is 0.413. The first-order chi connectivity index (χ1) is 11.2. The Kier molecular flexibility index (Phi) is 8.68. The molecule has 0 amide bonds. The van der Waals surface area contributed by atoms with Crippen molar-refractivity contribution in [3.05, 3.63) is 18.2 Å². The smallest absolute Gasteiger partial charge is 0.193 e. The van der Waals surface area contributed by atoms with Crippen molar-refractivity contribution in [3.63, 3.8) is 0 Å². The van der Waals surface area contributed by atoms with E-state index in [0.717, 1.165) is 37.1 Å². The Bertz CT molecular complexity index is 593. The number of nitriles is 1. The molecule has 0 aromatic heterocycles. The zero-order chi connectivity index (χ0) is 16.7. The second kappa shape index (κ2) is 10.2. The maximum Gasteiger partial charge on any atom is 0.193 e. The fourth-order valence-corrected chi connectivity index (χ4v) is 2.79. The maximum atomic E-state index is 8.92. The molecule has 6 nitrogen and oxygen atoms in total. The minimum Gasteiger partial charge on any atom is -0.497 e. The molecule has 0 saturated heterocycles. The molecule has 3 N–H and O–H groups in total. The first kappa shape index (κ1) is 20.4. The Morgan fingerprint density at radius 2 is 2.00 bits per heavy atom. The van der Waals surface area contributed by atoms with Gasteiger partial charge in [0.2, 0.25) is 0 Å². The lowest BCUT2D eigenvalue weighted by Crippen LogP contribution is -2.25. The number of nitrogens with two attached hydrogens (primary N) is 1. The van der Waals surface area contributed by atoms with E-state index in [-0.39, 0.29) is 29.9 Å². The number of rotatable bonds is 5. The first-order valence-electron chi connectivity index (χ1n) is 7.84. The Labute approximate surface area is 160 Å². The van der Waals surface area contributed by atoms with Crippen molar-refractivity contribution < 1.29 is 9.47 Å². The third kappa shape index (κ3) is 5.74. The fourth-order valence-electron chi connectivity index (χ4n) is 2.79. The molecule has 0 atom stereocenters. The van der Waals surface area contributed by atoms with Crippen molar-refractivity contribution in [1.29, 1.82) is 5.26 Å². The van der Waals surface area contributed by atoms with Gasteiger partial charge in [0.05, 0.1) is 26.0 Å². The van der Waals surface area contributed by atoms with Gasteiger partial charge in [-0.3, -0.25) is 4.99 Å². The van der Waals surface area contributed by atoms with Crippen molar-refractivity contribution in [1.82, 2.24) is 0 Å². The number of ether oxygens (including phenoxy) is 2. The van der Waals surface area contributed by atoms with E-state index in [4.69, 9.17) is 20.5 Å². The minimum absolute atomic E-state index is 0. The van der Waals surface area contributed by atoms with E-state index >= 15 is 0 Å². The lowest BCUT2D eigenvalue weighted by molar-refractivity contribution is 0.322. The van der Waals surface area contributed by atoms with Gasteiger partial charge in [0.25, 0.3) is 0 Å². The number of anilines is 1. The van der Waals surface area contributed by atoms with Crippen LogP contribution in [0.4, 0.5) is 5.69 Å². The fraction of sp³-hybridized carbons (Fsp3) is 0.529. The lowest BCUT2D eigenvalue weighted by Gasteiger charge is -2.23. The molecule has 0 heterocycles. The van der Waals surface area contributed by atoms with E-state index in [9.17, 15) is 0 Å². The molecule has 1 aromatic rings. The van der Waals surface area contributed by atoms with Crippen molar-refractivity contribution in [2.24, 2.45) is 22.6 Å². The average molecular weight is 444 g/mol. The Morgan fingerprint density at radius 3 is 2.58 bits per heavy atom. The second-order valence-corrected chi connectivity index (χ2v) is 5.76. The number of hydrogen-bond acceptors (Lipinski definition) is 4. The van der Waals surface area contributed by atoms with Gasteiger partial charge in [-0.2, -0.15) is 5.26 Å². The molecule has 0 radical (unpaired) electrons. The van der Waals surface area contributed by atoms with Gasteiger partial charge >= 0.3 is 0 Å². The number of halogens is 1. The van der Waals surface area contributed by atoms with Crippen LogP contribution in [0.15, 0.2) is 23.2 Å². The average Bonchev–Trinajstić information content (AvgIpc) is 2.60. The van der Waals surface area contributed by atoms with Crippen LogP contribution in [0.3, 0.4) is 0 Å². The number of hydrogen-bond donors (Lipinski definition) is 2. The van der Waals surface area contributed by atoms with Crippen LogP contribution in [0.1, 0.15) is 25.7 Å². The van der Waals surface area contributed by atoms with Crippen LogP contribution in [0.5, 0.6) is 11.5 Å². The summed E-state index contributed by atoms with van der Waals surface area (Å²) in [7, 11) is 3.22. The topological polar surface area (TPSA) is 92.7 Å². The predicted octanol–water partition coefficient (Wildman–Crippen LogP) is 3.38. The molecule has 0 bridgehead atoms. The van der Waals surface area contributed by atoms with E-state index in [0.29, 0.717) is 24.2 Å². The molecule has 7 heteroatoms. The molecule has 1 aromatic carbocycles. The summed E-state index contributed by atoms with van der Waals surface area (Å²) in [4.78, 5) is 4.43. The van der Waals surface area contributed by atoms with Gasteiger partial charge in [0, 0.05) is 18.5 Å². The molecule has 1 fully saturated rings. The van der Waals surface area contributed by atoms with E-state index in [1.54, 1.807) is 14.2 Å². The summed E-state index contributed by atoms with van der Waals surface area (Å²) in [6.07, 6.45) is 4.01. The first-order valence-corrected chi connectivity index (χ1v) is 7.84. The maximum absolute atomic E-state index is 8.92. The molecule has 1 aliphatic carbocycles. The van der Waals surface area contributed by atoms with Gasteiger partial charge < -0.3 is 20.5 Å². The number of nitrogens with one attached hydrogen (secondary N) is 1. The Hall–Kier alpha value is -1.69. The third-order valence-corrected chi connectivity index (χ3v) is 4.22. The normalized spacial score (nSPS) is 20.5. The van der Waals surface area contributed by atoms with Crippen LogP contribution in [-0.2, 0) is 0 Å². The van der Waals surface area contributed by atoms with Gasteiger partial charge in [-0.15, -0.1) is 24.0 Å². The van der Waals surface area contributed by atoms with E-state index in [1.165, 1.54) is 0 Å². The van der Waals surface area contributed by atoms with Crippen LogP contribution >= 0.6 is 24.0 Å². The zero-order valence-corrected chi connectivity index (χ0v) is 16.4. The molecule has 1 saturated carbocycles. The van der Waals surface area contributed by atoms with Gasteiger partial charge in [0.1, 0.15) is 11.5 Å². The predicted molar refractivity (Wildman–Crippen MR) is 106 cm³/mol. The lowest BCUT2D eigenvalue weighted by atomic mass is 9.83.